The van der Waals surface area contributed by atoms with Gasteiger partial charge in [0.2, 0.25) is 0 Å². The number of ether oxygens (including phenoxy) is 1. The molecule has 0 spiro atoms. The van der Waals surface area contributed by atoms with Gasteiger partial charge in [0, 0.05) is 18.8 Å². The van der Waals surface area contributed by atoms with Crippen LogP contribution in [0, 0.1) is 0 Å². The summed E-state index contributed by atoms with van der Waals surface area (Å²) >= 11 is 6.45. The molecular weight excluding hydrogens is 302 g/mol. The zero-order valence-electron chi connectivity index (χ0n) is 12.2. The second-order valence-corrected chi connectivity index (χ2v) is 5.12. The molecule has 0 saturated heterocycles. The highest BCUT2D eigenvalue weighted by molar-refractivity contribution is 6.39. The van der Waals surface area contributed by atoms with Gasteiger partial charge in [-0.25, -0.2) is 14.5 Å². The third kappa shape index (κ3) is 2.33. The summed E-state index contributed by atoms with van der Waals surface area (Å²) in [4.78, 5) is 16.3. The molecule has 112 valence electrons. The van der Waals surface area contributed by atoms with Crippen LogP contribution >= 0.6 is 11.6 Å². The molecule has 0 unspecified atom stereocenters. The molecule has 0 aliphatic rings. The highest BCUT2D eigenvalue weighted by Crippen LogP contribution is 2.34. The number of carbonyl (C=O) groups excluding carboxylic acids is 1. The van der Waals surface area contributed by atoms with Gasteiger partial charge in [0.05, 0.1) is 22.6 Å². The van der Waals surface area contributed by atoms with E-state index in [4.69, 9.17) is 16.3 Å². The van der Waals surface area contributed by atoms with Crippen molar-refractivity contribution in [3.8, 4) is 11.3 Å². The normalized spacial score (nSPS) is 10.9. The summed E-state index contributed by atoms with van der Waals surface area (Å²) in [6, 6.07) is 9.65. The van der Waals surface area contributed by atoms with Gasteiger partial charge in [0.1, 0.15) is 5.69 Å². The summed E-state index contributed by atoms with van der Waals surface area (Å²) in [5, 5.41) is 5.45. The highest BCUT2D eigenvalue weighted by atomic mass is 35.5. The fourth-order valence-corrected chi connectivity index (χ4v) is 2.63. The summed E-state index contributed by atoms with van der Waals surface area (Å²) in [7, 11) is 1.79. The summed E-state index contributed by atoms with van der Waals surface area (Å²) < 4.78 is 6.67. The molecule has 3 aromatic rings. The molecule has 1 aromatic carbocycles. The fourth-order valence-electron chi connectivity index (χ4n) is 2.33. The molecule has 0 bridgehead atoms. The van der Waals surface area contributed by atoms with Crippen molar-refractivity contribution >= 4 is 28.6 Å². The minimum absolute atomic E-state index is 0.251. The van der Waals surface area contributed by atoms with Gasteiger partial charge in [0.25, 0.3) is 0 Å². The van der Waals surface area contributed by atoms with Gasteiger partial charge >= 0.3 is 5.97 Å². The monoisotopic (exact) mass is 315 g/mol. The maximum absolute atomic E-state index is 12.0. The second-order valence-electron chi connectivity index (χ2n) is 4.74. The molecule has 0 aliphatic heterocycles. The van der Waals surface area contributed by atoms with E-state index >= 15 is 0 Å². The SMILES string of the molecule is CCOC(=O)c1cnc2c(c(-c3ccccc3)nn2C)c1Cl. The number of carbonyl (C=O) groups is 1. The molecular formula is C16H14ClN3O2. The van der Waals surface area contributed by atoms with Crippen LogP contribution in [-0.2, 0) is 11.8 Å². The molecule has 0 atom stereocenters. The number of aromatic nitrogens is 3. The lowest BCUT2D eigenvalue weighted by Crippen LogP contribution is -2.06. The molecule has 5 nitrogen and oxygen atoms in total. The van der Waals surface area contributed by atoms with Crippen molar-refractivity contribution in [1.82, 2.24) is 14.8 Å². The number of aryl methyl sites for hydroxylation is 1. The lowest BCUT2D eigenvalue weighted by molar-refractivity contribution is 0.0526. The van der Waals surface area contributed by atoms with E-state index in [0.29, 0.717) is 21.7 Å². The molecule has 0 saturated carbocycles. The first kappa shape index (κ1) is 14.5. The first-order valence-corrected chi connectivity index (χ1v) is 7.25. The summed E-state index contributed by atoms with van der Waals surface area (Å²) in [6.07, 6.45) is 1.43. The predicted molar refractivity (Wildman–Crippen MR) is 84.9 cm³/mol. The minimum Gasteiger partial charge on any atom is -0.462 e. The molecule has 6 heteroatoms. The first-order chi connectivity index (χ1) is 10.6. The van der Waals surface area contributed by atoms with Crippen molar-refractivity contribution in [3.63, 3.8) is 0 Å². The van der Waals surface area contributed by atoms with E-state index in [0.717, 1.165) is 5.56 Å². The Kier molecular flexibility index (Phi) is 3.81. The quantitative estimate of drug-likeness (QED) is 0.694. The van der Waals surface area contributed by atoms with Gasteiger partial charge < -0.3 is 4.74 Å². The number of hydrogen-bond acceptors (Lipinski definition) is 4. The molecule has 0 fully saturated rings. The Labute approximate surface area is 132 Å². The summed E-state index contributed by atoms with van der Waals surface area (Å²) in [6.45, 7) is 2.03. The topological polar surface area (TPSA) is 57.0 Å². The van der Waals surface area contributed by atoms with Crippen molar-refractivity contribution in [1.29, 1.82) is 0 Å². The Bertz CT molecular complexity index is 843. The van der Waals surface area contributed by atoms with Gasteiger partial charge in [-0.3, -0.25) is 0 Å². The van der Waals surface area contributed by atoms with E-state index in [9.17, 15) is 4.79 Å². The summed E-state index contributed by atoms with van der Waals surface area (Å²) in [5.41, 5.74) is 2.48. The fraction of sp³-hybridized carbons (Fsp3) is 0.188. The van der Waals surface area contributed by atoms with Crippen LogP contribution in [-0.4, -0.2) is 27.3 Å². The Hall–Kier alpha value is -2.40. The Morgan fingerprint density at radius 1 is 1.32 bits per heavy atom. The largest absolute Gasteiger partial charge is 0.462 e. The Morgan fingerprint density at radius 3 is 2.73 bits per heavy atom. The number of esters is 1. The van der Waals surface area contributed by atoms with Crippen molar-refractivity contribution in [2.24, 2.45) is 7.05 Å². The lowest BCUT2D eigenvalue weighted by atomic mass is 10.1. The third-order valence-electron chi connectivity index (χ3n) is 3.33. The van der Waals surface area contributed by atoms with Crippen LogP contribution in [0.5, 0.6) is 0 Å². The van der Waals surface area contributed by atoms with Crippen LogP contribution in [0.15, 0.2) is 36.5 Å². The number of halogens is 1. The number of hydrogen-bond donors (Lipinski definition) is 0. The molecule has 0 aliphatic carbocycles. The molecule has 22 heavy (non-hydrogen) atoms. The van der Waals surface area contributed by atoms with Gasteiger partial charge in [-0.2, -0.15) is 5.10 Å². The van der Waals surface area contributed by atoms with Gasteiger partial charge in [-0.15, -0.1) is 0 Å². The Balaban J connectivity index is 2.27. The zero-order valence-corrected chi connectivity index (χ0v) is 13.0. The molecule has 0 amide bonds. The van der Waals surface area contributed by atoms with Crippen molar-refractivity contribution < 1.29 is 9.53 Å². The van der Waals surface area contributed by atoms with Gasteiger partial charge in [-0.05, 0) is 6.92 Å². The van der Waals surface area contributed by atoms with Gasteiger partial charge in [-0.1, -0.05) is 41.9 Å². The smallest absolute Gasteiger partial charge is 0.341 e. The molecule has 0 radical (unpaired) electrons. The minimum atomic E-state index is -0.482. The third-order valence-corrected chi connectivity index (χ3v) is 3.72. The van der Waals surface area contributed by atoms with Crippen LogP contribution < -0.4 is 0 Å². The van der Waals surface area contributed by atoms with E-state index in [-0.39, 0.29) is 12.2 Å². The van der Waals surface area contributed by atoms with Gasteiger partial charge in [0.15, 0.2) is 5.65 Å². The highest BCUT2D eigenvalue weighted by Gasteiger charge is 2.21. The van der Waals surface area contributed by atoms with Crippen LogP contribution in [0.25, 0.3) is 22.3 Å². The Morgan fingerprint density at radius 2 is 2.05 bits per heavy atom. The number of pyridine rings is 1. The van der Waals surface area contributed by atoms with Crippen LogP contribution in [0.3, 0.4) is 0 Å². The number of benzene rings is 1. The van der Waals surface area contributed by atoms with E-state index in [1.807, 2.05) is 30.3 Å². The molecule has 3 rings (SSSR count). The number of nitrogens with zero attached hydrogens (tertiary/aromatic N) is 3. The van der Waals surface area contributed by atoms with Crippen molar-refractivity contribution in [2.45, 2.75) is 6.92 Å². The first-order valence-electron chi connectivity index (χ1n) is 6.87. The van der Waals surface area contributed by atoms with Crippen molar-refractivity contribution in [2.75, 3.05) is 6.61 Å². The molecule has 2 aromatic heterocycles. The van der Waals surface area contributed by atoms with E-state index < -0.39 is 5.97 Å². The van der Waals surface area contributed by atoms with Crippen LogP contribution in [0.1, 0.15) is 17.3 Å². The lowest BCUT2D eigenvalue weighted by Gasteiger charge is -2.05. The predicted octanol–water partition coefficient (Wildman–Crippen LogP) is 3.47. The van der Waals surface area contributed by atoms with E-state index in [2.05, 4.69) is 10.1 Å². The number of rotatable bonds is 3. The summed E-state index contributed by atoms with van der Waals surface area (Å²) in [5.74, 6) is -0.482. The number of fused-ring (bicyclic) bond motifs is 1. The van der Waals surface area contributed by atoms with E-state index in [1.165, 1.54) is 6.20 Å². The standard InChI is InChI=1S/C16H14ClN3O2/c1-3-22-16(21)11-9-18-15-12(13(11)17)14(19-20(15)2)10-7-5-4-6-8-10/h4-9H,3H2,1-2H3. The molecule has 0 N–H and O–H groups in total. The van der Waals surface area contributed by atoms with Crippen LogP contribution in [0.4, 0.5) is 0 Å². The van der Waals surface area contributed by atoms with Crippen LogP contribution in [0.2, 0.25) is 5.02 Å². The second kappa shape index (κ2) is 5.77. The van der Waals surface area contributed by atoms with E-state index in [1.54, 1.807) is 18.7 Å². The average molecular weight is 316 g/mol. The van der Waals surface area contributed by atoms with Crippen molar-refractivity contribution in [3.05, 3.63) is 47.1 Å². The average Bonchev–Trinajstić information content (AvgIpc) is 2.87. The maximum Gasteiger partial charge on any atom is 0.341 e. The maximum atomic E-state index is 12.0. The zero-order chi connectivity index (χ0) is 15.7. The molecule has 2 heterocycles.